The van der Waals surface area contributed by atoms with Crippen molar-refractivity contribution in [1.82, 2.24) is 0 Å². The number of hydrogen-bond donors (Lipinski definition) is 1. The lowest BCUT2D eigenvalue weighted by molar-refractivity contribution is -0.141. The first-order valence-corrected chi connectivity index (χ1v) is 5.23. The highest BCUT2D eigenvalue weighted by Gasteiger charge is 2.05. The van der Waals surface area contributed by atoms with E-state index in [0.717, 1.165) is 5.56 Å². The zero-order valence-electron chi connectivity index (χ0n) is 9.03. The number of ether oxygens (including phenoxy) is 2. The zero-order valence-corrected chi connectivity index (χ0v) is 9.79. The van der Waals surface area contributed by atoms with Crippen LogP contribution in [0, 0.1) is 0 Å². The molecule has 0 aromatic heterocycles. The van der Waals surface area contributed by atoms with E-state index in [1.54, 1.807) is 18.2 Å². The van der Waals surface area contributed by atoms with Crippen molar-refractivity contribution in [3.63, 3.8) is 0 Å². The second kappa shape index (κ2) is 6.35. The largest absolute Gasteiger partial charge is 0.493 e. The molecule has 0 aliphatic heterocycles. The van der Waals surface area contributed by atoms with Gasteiger partial charge in [0.25, 0.3) is 0 Å². The van der Waals surface area contributed by atoms with Gasteiger partial charge >= 0.3 is 5.97 Å². The Balaban J connectivity index is 2.58. The molecule has 4 nitrogen and oxygen atoms in total. The highest BCUT2D eigenvalue weighted by molar-refractivity contribution is 6.30. The fourth-order valence-electron chi connectivity index (χ4n) is 1.18. The Morgan fingerprint density at radius 3 is 2.88 bits per heavy atom. The molecule has 0 spiro atoms. The van der Waals surface area contributed by atoms with Gasteiger partial charge in [0.2, 0.25) is 0 Å². The molecule has 1 rings (SSSR count). The SMILES string of the molecule is COC(=O)CCOc1cc(Cl)ccc1CN. The number of rotatable bonds is 5. The first-order valence-electron chi connectivity index (χ1n) is 4.85. The van der Waals surface area contributed by atoms with Crippen LogP contribution < -0.4 is 10.5 Å². The third-order valence-electron chi connectivity index (χ3n) is 2.04. The van der Waals surface area contributed by atoms with E-state index >= 15 is 0 Å². The molecule has 2 N–H and O–H groups in total. The Morgan fingerprint density at radius 1 is 1.50 bits per heavy atom. The number of halogens is 1. The van der Waals surface area contributed by atoms with Crippen LogP contribution >= 0.6 is 11.6 Å². The molecule has 1 aromatic rings. The van der Waals surface area contributed by atoms with Gasteiger partial charge in [0.1, 0.15) is 5.75 Å². The second-order valence-corrected chi connectivity index (χ2v) is 3.57. The Labute approximate surface area is 99.3 Å². The number of esters is 1. The van der Waals surface area contributed by atoms with Gasteiger partial charge in [0.05, 0.1) is 20.1 Å². The number of hydrogen-bond acceptors (Lipinski definition) is 4. The average Bonchev–Trinajstić information content (AvgIpc) is 2.29. The van der Waals surface area contributed by atoms with Crippen molar-refractivity contribution in [3.8, 4) is 5.75 Å². The first-order chi connectivity index (χ1) is 7.67. The van der Waals surface area contributed by atoms with Crippen LogP contribution in [0.1, 0.15) is 12.0 Å². The molecule has 5 heteroatoms. The van der Waals surface area contributed by atoms with Gasteiger partial charge in [-0.25, -0.2) is 0 Å². The fourth-order valence-corrected chi connectivity index (χ4v) is 1.34. The number of carbonyl (C=O) groups excluding carboxylic acids is 1. The van der Waals surface area contributed by atoms with Gasteiger partial charge in [-0.15, -0.1) is 0 Å². The van der Waals surface area contributed by atoms with Crippen LogP contribution in [0.2, 0.25) is 5.02 Å². The lowest BCUT2D eigenvalue weighted by Crippen LogP contribution is -2.09. The second-order valence-electron chi connectivity index (χ2n) is 3.13. The van der Waals surface area contributed by atoms with Crippen LogP contribution in [0.3, 0.4) is 0 Å². The highest BCUT2D eigenvalue weighted by Crippen LogP contribution is 2.23. The molecule has 0 radical (unpaired) electrons. The van der Waals surface area contributed by atoms with E-state index in [-0.39, 0.29) is 19.0 Å². The maximum Gasteiger partial charge on any atom is 0.308 e. The molecular weight excluding hydrogens is 230 g/mol. The fraction of sp³-hybridized carbons (Fsp3) is 0.364. The summed E-state index contributed by atoms with van der Waals surface area (Å²) in [5.41, 5.74) is 6.40. The molecule has 16 heavy (non-hydrogen) atoms. The number of benzene rings is 1. The molecule has 0 aliphatic carbocycles. The van der Waals surface area contributed by atoms with Crippen molar-refractivity contribution in [2.24, 2.45) is 5.73 Å². The summed E-state index contributed by atoms with van der Waals surface area (Å²) in [6.07, 6.45) is 0.201. The lowest BCUT2D eigenvalue weighted by atomic mass is 10.2. The molecule has 0 saturated carbocycles. The van der Waals surface area contributed by atoms with Crippen LogP contribution in [0.15, 0.2) is 18.2 Å². The lowest BCUT2D eigenvalue weighted by Gasteiger charge is -2.10. The zero-order chi connectivity index (χ0) is 12.0. The van der Waals surface area contributed by atoms with Gasteiger partial charge in [-0.05, 0) is 12.1 Å². The first kappa shape index (κ1) is 12.8. The molecule has 0 heterocycles. The number of carbonyl (C=O) groups is 1. The monoisotopic (exact) mass is 243 g/mol. The Bertz CT molecular complexity index is 368. The average molecular weight is 244 g/mol. The molecule has 0 fully saturated rings. The standard InChI is InChI=1S/C11H14ClNO3/c1-15-11(14)4-5-16-10-6-9(12)3-2-8(10)7-13/h2-3,6H,4-5,7,13H2,1H3. The summed E-state index contributed by atoms with van der Waals surface area (Å²) in [5, 5.41) is 0.574. The third kappa shape index (κ3) is 3.72. The summed E-state index contributed by atoms with van der Waals surface area (Å²) in [5.74, 6) is 0.301. The van der Waals surface area contributed by atoms with Crippen molar-refractivity contribution < 1.29 is 14.3 Å². The van der Waals surface area contributed by atoms with Crippen molar-refractivity contribution in [1.29, 1.82) is 0 Å². The predicted molar refractivity (Wildman–Crippen MR) is 61.5 cm³/mol. The van der Waals surface area contributed by atoms with Crippen molar-refractivity contribution in [2.75, 3.05) is 13.7 Å². The Kier molecular flexibility index (Phi) is 5.08. The molecule has 1 aromatic carbocycles. The molecule has 0 unspecified atom stereocenters. The molecular formula is C11H14ClNO3. The van der Waals surface area contributed by atoms with Crippen molar-refractivity contribution in [3.05, 3.63) is 28.8 Å². The van der Waals surface area contributed by atoms with E-state index in [1.165, 1.54) is 7.11 Å². The van der Waals surface area contributed by atoms with Gasteiger partial charge in [0.15, 0.2) is 0 Å². The summed E-state index contributed by atoms with van der Waals surface area (Å²) in [6.45, 7) is 0.616. The normalized spacial score (nSPS) is 9.94. The molecule has 0 saturated heterocycles. The van der Waals surface area contributed by atoms with Crippen LogP contribution in [0.5, 0.6) is 5.75 Å². The molecule has 88 valence electrons. The smallest absolute Gasteiger partial charge is 0.308 e. The van der Waals surface area contributed by atoms with E-state index in [0.29, 0.717) is 17.3 Å². The molecule has 0 bridgehead atoms. The van der Waals surface area contributed by atoms with Crippen molar-refractivity contribution in [2.45, 2.75) is 13.0 Å². The van der Waals surface area contributed by atoms with E-state index in [4.69, 9.17) is 22.1 Å². The summed E-state index contributed by atoms with van der Waals surface area (Å²) in [4.78, 5) is 10.9. The summed E-state index contributed by atoms with van der Waals surface area (Å²) in [6, 6.07) is 5.23. The molecule has 0 atom stereocenters. The van der Waals surface area contributed by atoms with Crippen molar-refractivity contribution >= 4 is 17.6 Å². The van der Waals surface area contributed by atoms with Crippen LogP contribution in [0.25, 0.3) is 0 Å². The van der Waals surface area contributed by atoms with Crippen LogP contribution in [0.4, 0.5) is 0 Å². The highest BCUT2D eigenvalue weighted by atomic mass is 35.5. The molecule has 0 aliphatic rings. The van der Waals surface area contributed by atoms with Gasteiger partial charge in [-0.2, -0.15) is 0 Å². The van der Waals surface area contributed by atoms with Gasteiger partial charge in [-0.1, -0.05) is 17.7 Å². The maximum absolute atomic E-state index is 10.9. The third-order valence-corrected chi connectivity index (χ3v) is 2.28. The minimum atomic E-state index is -0.309. The van der Waals surface area contributed by atoms with Crippen LogP contribution in [-0.4, -0.2) is 19.7 Å². The van der Waals surface area contributed by atoms with E-state index in [9.17, 15) is 4.79 Å². The van der Waals surface area contributed by atoms with Gasteiger partial charge in [-0.3, -0.25) is 4.79 Å². The topological polar surface area (TPSA) is 61.5 Å². The van der Waals surface area contributed by atoms with E-state index < -0.39 is 0 Å². The minimum absolute atomic E-state index is 0.201. The minimum Gasteiger partial charge on any atom is -0.493 e. The predicted octanol–water partition coefficient (Wildman–Crippen LogP) is 1.74. The van der Waals surface area contributed by atoms with E-state index in [2.05, 4.69) is 4.74 Å². The summed E-state index contributed by atoms with van der Waals surface area (Å²) >= 11 is 5.83. The maximum atomic E-state index is 10.9. The summed E-state index contributed by atoms with van der Waals surface area (Å²) in [7, 11) is 1.34. The van der Waals surface area contributed by atoms with E-state index in [1.807, 2.05) is 0 Å². The Hall–Kier alpha value is -1.26. The van der Waals surface area contributed by atoms with Crippen LogP contribution in [-0.2, 0) is 16.1 Å². The summed E-state index contributed by atoms with van der Waals surface area (Å²) < 4.78 is 9.91. The quantitative estimate of drug-likeness (QED) is 0.801. The Morgan fingerprint density at radius 2 is 2.25 bits per heavy atom. The number of nitrogens with two attached hydrogens (primary N) is 1. The molecule has 0 amide bonds. The van der Waals surface area contributed by atoms with Gasteiger partial charge < -0.3 is 15.2 Å². The van der Waals surface area contributed by atoms with Gasteiger partial charge in [0, 0.05) is 17.1 Å². The number of methoxy groups -OCH3 is 1.